The van der Waals surface area contributed by atoms with Crippen molar-refractivity contribution in [1.82, 2.24) is 24.8 Å². The average Bonchev–Trinajstić information content (AvgIpc) is 3.38. The van der Waals surface area contributed by atoms with Crippen LogP contribution in [0.4, 0.5) is 10.3 Å². The van der Waals surface area contributed by atoms with Gasteiger partial charge in [-0.2, -0.15) is 0 Å². The molecule has 33 heavy (non-hydrogen) atoms. The lowest BCUT2D eigenvalue weighted by molar-refractivity contribution is -0.133. The van der Waals surface area contributed by atoms with Crippen LogP contribution >= 0.6 is 11.3 Å². The summed E-state index contributed by atoms with van der Waals surface area (Å²) in [5.74, 6) is 0.341. The Bertz CT molecular complexity index is 1140. The van der Waals surface area contributed by atoms with Crippen molar-refractivity contribution in [3.05, 3.63) is 59.1 Å². The molecule has 3 aromatic rings. The Morgan fingerprint density at radius 3 is 2.55 bits per heavy atom. The molecule has 2 unspecified atom stereocenters. The van der Waals surface area contributed by atoms with Crippen molar-refractivity contribution in [2.24, 2.45) is 0 Å². The Balaban J connectivity index is 1.10. The summed E-state index contributed by atoms with van der Waals surface area (Å²) in [6.45, 7) is 3.37. The molecule has 0 saturated carbocycles. The molecule has 1 aromatic carbocycles. The summed E-state index contributed by atoms with van der Waals surface area (Å²) in [5, 5.41) is 1.03. The maximum atomic E-state index is 13.2. The lowest BCUT2D eigenvalue weighted by Crippen LogP contribution is -2.56. The second-order valence-corrected chi connectivity index (χ2v) is 10.1. The summed E-state index contributed by atoms with van der Waals surface area (Å²) in [6.07, 6.45) is 5.41. The summed E-state index contributed by atoms with van der Waals surface area (Å²) >= 11 is 1.75. The van der Waals surface area contributed by atoms with E-state index in [1.807, 2.05) is 23.1 Å². The van der Waals surface area contributed by atoms with E-state index in [1.165, 1.54) is 17.3 Å². The molecule has 6 rings (SSSR count). The maximum Gasteiger partial charge on any atom is 0.237 e. The molecule has 2 aromatic heterocycles. The first-order chi connectivity index (χ1) is 16.1. The minimum atomic E-state index is -0.420. The van der Waals surface area contributed by atoms with Crippen molar-refractivity contribution in [2.75, 3.05) is 31.1 Å². The van der Waals surface area contributed by atoms with E-state index in [-0.39, 0.29) is 18.0 Å². The number of carbonyl (C=O) groups is 1. The molecule has 0 spiro atoms. The molecule has 3 aliphatic rings. The van der Waals surface area contributed by atoms with Crippen molar-refractivity contribution < 1.29 is 9.18 Å². The molecule has 170 valence electrons. The van der Waals surface area contributed by atoms with Crippen LogP contribution < -0.4 is 4.90 Å². The van der Waals surface area contributed by atoms with Gasteiger partial charge in [-0.05, 0) is 12.8 Å². The molecule has 2 bridgehead atoms. The smallest absolute Gasteiger partial charge is 0.237 e. The largest absolute Gasteiger partial charge is 0.335 e. The minimum Gasteiger partial charge on any atom is -0.335 e. The van der Waals surface area contributed by atoms with Gasteiger partial charge in [-0.3, -0.25) is 9.69 Å². The first kappa shape index (κ1) is 20.7. The number of carbonyl (C=O) groups excluding carboxylic acids is 1. The topological polar surface area (TPSA) is 65.5 Å². The predicted octanol–water partition coefficient (Wildman–Crippen LogP) is 2.98. The van der Waals surface area contributed by atoms with Crippen LogP contribution in [-0.2, 0) is 17.8 Å². The molecule has 0 radical (unpaired) electrons. The van der Waals surface area contributed by atoms with Crippen LogP contribution in [-0.4, -0.2) is 68.9 Å². The fraction of sp³-hybridized carbons (Fsp3) is 0.417. The van der Waals surface area contributed by atoms with E-state index in [0.717, 1.165) is 55.2 Å². The molecule has 7 nitrogen and oxygen atoms in total. The molecular formula is C24H25FN6OS. The quantitative estimate of drug-likeness (QED) is 0.592. The Morgan fingerprint density at radius 1 is 1.09 bits per heavy atom. The Labute approximate surface area is 195 Å². The van der Waals surface area contributed by atoms with E-state index in [0.29, 0.717) is 19.0 Å². The predicted molar refractivity (Wildman–Crippen MR) is 124 cm³/mol. The third kappa shape index (κ3) is 4.00. The molecule has 2 fully saturated rings. The van der Waals surface area contributed by atoms with Gasteiger partial charge in [0.25, 0.3) is 0 Å². The highest BCUT2D eigenvalue weighted by molar-refractivity contribution is 7.15. The lowest BCUT2D eigenvalue weighted by Gasteiger charge is -2.41. The van der Waals surface area contributed by atoms with E-state index < -0.39 is 5.82 Å². The number of aromatic nitrogens is 3. The zero-order chi connectivity index (χ0) is 22.4. The van der Waals surface area contributed by atoms with Crippen molar-refractivity contribution in [2.45, 2.75) is 37.9 Å². The van der Waals surface area contributed by atoms with Gasteiger partial charge in [-0.1, -0.05) is 30.3 Å². The van der Waals surface area contributed by atoms with Crippen molar-refractivity contribution >= 4 is 23.2 Å². The van der Waals surface area contributed by atoms with Crippen LogP contribution in [0.25, 0.3) is 10.6 Å². The van der Waals surface area contributed by atoms with E-state index in [1.54, 1.807) is 11.3 Å². The Morgan fingerprint density at radius 2 is 1.82 bits per heavy atom. The van der Waals surface area contributed by atoms with Crippen molar-refractivity contribution in [3.63, 3.8) is 0 Å². The van der Waals surface area contributed by atoms with Gasteiger partial charge in [0.1, 0.15) is 5.01 Å². The summed E-state index contributed by atoms with van der Waals surface area (Å²) in [5.41, 5.74) is 2.17. The number of hydrogen-bond donors (Lipinski definition) is 0. The lowest BCUT2D eigenvalue weighted by atomic mass is 10.1. The highest BCUT2D eigenvalue weighted by Crippen LogP contribution is 2.34. The van der Waals surface area contributed by atoms with E-state index in [9.17, 15) is 9.18 Å². The number of halogens is 1. The molecule has 1 amide bonds. The first-order valence-corrected chi connectivity index (χ1v) is 12.3. The molecular weight excluding hydrogens is 439 g/mol. The van der Waals surface area contributed by atoms with Crippen molar-refractivity contribution in [3.8, 4) is 10.6 Å². The van der Waals surface area contributed by atoms with Crippen LogP contribution in [0.5, 0.6) is 0 Å². The number of thiazole rings is 1. The highest BCUT2D eigenvalue weighted by Gasteiger charge is 2.42. The van der Waals surface area contributed by atoms with Gasteiger partial charge in [0.2, 0.25) is 11.9 Å². The fourth-order valence-corrected chi connectivity index (χ4v) is 6.36. The highest BCUT2D eigenvalue weighted by atomic mass is 32.1. The Hall–Kier alpha value is -2.91. The summed E-state index contributed by atoms with van der Waals surface area (Å²) < 4.78 is 13.2. The van der Waals surface area contributed by atoms with Gasteiger partial charge in [0.05, 0.1) is 31.2 Å². The van der Waals surface area contributed by atoms with E-state index in [4.69, 9.17) is 4.98 Å². The number of fused-ring (bicyclic) bond motifs is 3. The fourth-order valence-electron chi connectivity index (χ4n) is 5.29. The van der Waals surface area contributed by atoms with Gasteiger partial charge in [-0.15, -0.1) is 11.3 Å². The summed E-state index contributed by atoms with van der Waals surface area (Å²) in [6, 6.07) is 10.8. The molecule has 2 atom stereocenters. The number of piperazine rings is 1. The van der Waals surface area contributed by atoms with Crippen LogP contribution in [0.15, 0.2) is 42.7 Å². The van der Waals surface area contributed by atoms with Gasteiger partial charge in [0.15, 0.2) is 5.82 Å². The first-order valence-electron chi connectivity index (χ1n) is 11.4. The normalized spacial score (nSPS) is 22.5. The zero-order valence-electron chi connectivity index (χ0n) is 18.2. The number of anilines is 1. The SMILES string of the molecule is O=C(CN1CC2CCC(C1)N2c1ncc(F)cn1)N1CCc2sc(-c3ccccc3)nc2C1. The molecule has 3 aliphatic heterocycles. The molecule has 0 N–H and O–H groups in total. The Kier molecular flexibility index (Phi) is 5.30. The minimum absolute atomic E-state index is 0.167. The van der Waals surface area contributed by atoms with Gasteiger partial charge < -0.3 is 9.80 Å². The molecule has 9 heteroatoms. The van der Waals surface area contributed by atoms with Gasteiger partial charge >= 0.3 is 0 Å². The summed E-state index contributed by atoms with van der Waals surface area (Å²) in [4.78, 5) is 34.1. The zero-order valence-corrected chi connectivity index (χ0v) is 19.0. The van der Waals surface area contributed by atoms with Gasteiger partial charge in [0, 0.05) is 48.6 Å². The van der Waals surface area contributed by atoms with Gasteiger partial charge in [-0.25, -0.2) is 19.3 Å². The monoisotopic (exact) mass is 464 g/mol. The number of benzene rings is 1. The second kappa shape index (κ2) is 8.46. The van der Waals surface area contributed by atoms with Crippen LogP contribution in [0.2, 0.25) is 0 Å². The van der Waals surface area contributed by atoms with Crippen LogP contribution in [0.3, 0.4) is 0 Å². The van der Waals surface area contributed by atoms with Crippen LogP contribution in [0, 0.1) is 5.82 Å². The average molecular weight is 465 g/mol. The molecule has 0 aliphatic carbocycles. The van der Waals surface area contributed by atoms with E-state index >= 15 is 0 Å². The maximum absolute atomic E-state index is 13.2. The number of likely N-dealkylation sites (tertiary alicyclic amines) is 1. The third-order valence-corrected chi connectivity index (χ3v) is 8.06. The van der Waals surface area contributed by atoms with E-state index in [2.05, 4.69) is 31.9 Å². The van der Waals surface area contributed by atoms with Crippen LogP contribution in [0.1, 0.15) is 23.4 Å². The number of amides is 1. The molecule has 5 heterocycles. The second-order valence-electron chi connectivity index (χ2n) is 9.01. The third-order valence-electron chi connectivity index (χ3n) is 6.86. The number of nitrogens with zero attached hydrogens (tertiary/aromatic N) is 6. The summed E-state index contributed by atoms with van der Waals surface area (Å²) in [7, 11) is 0. The van der Waals surface area contributed by atoms with Crippen molar-refractivity contribution in [1.29, 1.82) is 0 Å². The number of rotatable bonds is 4. The standard InChI is InChI=1S/C24H25FN6OS/c25-17-10-26-24(27-11-17)31-18-6-7-19(31)13-29(12-18)15-22(32)30-9-8-21-20(14-30)28-23(33-21)16-4-2-1-3-5-16/h1-5,10-11,18-19H,6-9,12-15H2. The number of hydrogen-bond acceptors (Lipinski definition) is 7. The molecule has 2 saturated heterocycles.